The molecule has 2 bridgehead atoms. The standard InChI is InChI=1S/C33H38N6O4S/c1-4-18-36(22-39-25-15-10-9-14-24(25)34-35-39)31(43)28-33-17-16-32(3,44-33)26(27(33)30(42)38(28)20-11-21-40)29(41)37(19-5-2)23-12-7-6-8-13-23/h4-10,12-15,26-28,40H,1-2,11,16-22H2,3H3/t26-,27+,28?,32+,33?/m1/s1. The van der Waals surface area contributed by atoms with Crippen LogP contribution in [0.4, 0.5) is 5.69 Å². The highest BCUT2D eigenvalue weighted by atomic mass is 32.2. The molecule has 2 unspecified atom stereocenters. The van der Waals surface area contributed by atoms with Gasteiger partial charge in [0.25, 0.3) is 0 Å². The number of amides is 3. The number of benzene rings is 2. The number of anilines is 1. The van der Waals surface area contributed by atoms with Crippen LogP contribution in [0.15, 0.2) is 79.9 Å². The first kappa shape index (κ1) is 30.1. The van der Waals surface area contributed by atoms with Crippen molar-refractivity contribution in [3.63, 3.8) is 0 Å². The van der Waals surface area contributed by atoms with Gasteiger partial charge in [0.15, 0.2) is 0 Å². The summed E-state index contributed by atoms with van der Waals surface area (Å²) in [5.74, 6) is -1.81. The van der Waals surface area contributed by atoms with Crippen LogP contribution in [0.1, 0.15) is 26.2 Å². The zero-order valence-corrected chi connectivity index (χ0v) is 25.7. The lowest BCUT2D eigenvalue weighted by atomic mass is 9.66. The number of rotatable bonds is 12. The second kappa shape index (κ2) is 11.9. The Bertz CT molecular complexity index is 1600. The quantitative estimate of drug-likeness (QED) is 0.311. The predicted molar refractivity (Wildman–Crippen MR) is 171 cm³/mol. The molecule has 44 heavy (non-hydrogen) atoms. The Morgan fingerprint density at radius 3 is 2.52 bits per heavy atom. The third-order valence-corrected chi connectivity index (χ3v) is 11.4. The zero-order chi connectivity index (χ0) is 31.1. The number of fused-ring (bicyclic) bond motifs is 2. The van der Waals surface area contributed by atoms with Crippen LogP contribution in [0.3, 0.4) is 0 Å². The number of thioether (sulfide) groups is 1. The fourth-order valence-electron chi connectivity index (χ4n) is 7.52. The Balaban J connectivity index is 1.39. The number of carbonyl (C=O) groups excluding carboxylic acids is 3. The second-order valence-corrected chi connectivity index (χ2v) is 13.9. The zero-order valence-electron chi connectivity index (χ0n) is 24.9. The van der Waals surface area contributed by atoms with Gasteiger partial charge in [0, 0.05) is 36.7 Å². The van der Waals surface area contributed by atoms with Crippen LogP contribution in [-0.4, -0.2) is 89.4 Å². The molecule has 3 amide bonds. The van der Waals surface area contributed by atoms with Crippen LogP contribution in [0.5, 0.6) is 0 Å². The van der Waals surface area contributed by atoms with Gasteiger partial charge >= 0.3 is 0 Å². The summed E-state index contributed by atoms with van der Waals surface area (Å²) in [5, 5.41) is 18.3. The Labute approximate surface area is 261 Å². The van der Waals surface area contributed by atoms with E-state index in [9.17, 15) is 19.5 Å². The first-order chi connectivity index (χ1) is 21.3. The molecule has 3 fully saturated rings. The lowest BCUT2D eigenvalue weighted by Crippen LogP contribution is -2.55. The van der Waals surface area contributed by atoms with E-state index in [1.807, 2.05) is 54.6 Å². The van der Waals surface area contributed by atoms with Crippen molar-refractivity contribution in [3.05, 3.63) is 79.9 Å². The number of carbonyl (C=O) groups is 3. The molecule has 3 aliphatic heterocycles. The monoisotopic (exact) mass is 614 g/mol. The van der Waals surface area contributed by atoms with Crippen LogP contribution >= 0.6 is 11.8 Å². The topological polar surface area (TPSA) is 112 Å². The SMILES string of the molecule is C=CCN(Cn1nnc2ccccc21)C(=O)C1N(CCCO)C(=O)[C@@H]2[C@H](C(=O)N(CC=C)c3ccccc3)[C@]3(C)CCC12S3. The Morgan fingerprint density at radius 1 is 1.07 bits per heavy atom. The highest BCUT2D eigenvalue weighted by Crippen LogP contribution is 2.71. The molecule has 5 atom stereocenters. The molecular weight excluding hydrogens is 576 g/mol. The molecule has 1 aromatic heterocycles. The van der Waals surface area contributed by atoms with E-state index in [1.54, 1.807) is 43.3 Å². The highest BCUT2D eigenvalue weighted by Gasteiger charge is 2.77. The van der Waals surface area contributed by atoms with E-state index in [-0.39, 0.29) is 44.1 Å². The van der Waals surface area contributed by atoms with Gasteiger partial charge in [-0.05, 0) is 50.5 Å². The van der Waals surface area contributed by atoms with Crippen LogP contribution in [0, 0.1) is 11.8 Å². The first-order valence-electron chi connectivity index (χ1n) is 15.1. The van der Waals surface area contributed by atoms with E-state index in [4.69, 9.17) is 0 Å². The molecule has 11 heteroatoms. The van der Waals surface area contributed by atoms with Crippen molar-refractivity contribution in [2.24, 2.45) is 11.8 Å². The minimum absolute atomic E-state index is 0.113. The molecule has 10 nitrogen and oxygen atoms in total. The fraction of sp³-hybridized carbons (Fsp3) is 0.424. The molecule has 1 spiro atoms. The number of nitrogens with zero attached hydrogens (tertiary/aromatic N) is 6. The molecule has 1 N–H and O–H groups in total. The lowest BCUT2D eigenvalue weighted by Gasteiger charge is -2.38. The third-order valence-electron chi connectivity index (χ3n) is 9.37. The van der Waals surface area contributed by atoms with E-state index >= 15 is 0 Å². The van der Waals surface area contributed by atoms with E-state index in [0.29, 0.717) is 25.8 Å². The number of para-hydroxylation sites is 2. The number of aliphatic hydroxyl groups is 1. The van der Waals surface area contributed by atoms with Crippen molar-refractivity contribution in [2.45, 2.75) is 48.4 Å². The van der Waals surface area contributed by atoms with Gasteiger partial charge in [0.2, 0.25) is 17.7 Å². The molecule has 0 saturated carbocycles. The summed E-state index contributed by atoms with van der Waals surface area (Å²) in [7, 11) is 0. The second-order valence-electron chi connectivity index (χ2n) is 12.0. The summed E-state index contributed by atoms with van der Waals surface area (Å²) in [5.41, 5.74) is 2.26. The maximum absolute atomic E-state index is 14.7. The number of likely N-dealkylation sites (tertiary alicyclic amines) is 1. The smallest absolute Gasteiger partial charge is 0.248 e. The van der Waals surface area contributed by atoms with E-state index in [1.165, 1.54) is 0 Å². The minimum Gasteiger partial charge on any atom is -0.396 e. The maximum atomic E-state index is 14.7. The van der Waals surface area contributed by atoms with Crippen LogP contribution in [-0.2, 0) is 21.1 Å². The number of aliphatic hydroxyl groups excluding tert-OH is 1. The number of aromatic nitrogens is 3. The molecular formula is C33H38N6O4S. The van der Waals surface area contributed by atoms with Gasteiger partial charge in [0.05, 0.1) is 22.1 Å². The van der Waals surface area contributed by atoms with Gasteiger partial charge in [-0.1, -0.05) is 47.7 Å². The summed E-state index contributed by atoms with van der Waals surface area (Å²) >= 11 is 1.64. The van der Waals surface area contributed by atoms with Crippen molar-refractivity contribution in [2.75, 3.05) is 31.1 Å². The van der Waals surface area contributed by atoms with E-state index < -0.39 is 27.4 Å². The van der Waals surface area contributed by atoms with Crippen LogP contribution in [0.25, 0.3) is 11.0 Å². The third kappa shape index (κ3) is 4.73. The maximum Gasteiger partial charge on any atom is 0.248 e. The van der Waals surface area contributed by atoms with Gasteiger partial charge in [-0.3, -0.25) is 14.4 Å². The van der Waals surface area contributed by atoms with Crippen molar-refractivity contribution < 1.29 is 19.5 Å². The van der Waals surface area contributed by atoms with Gasteiger partial charge in [0.1, 0.15) is 18.2 Å². The van der Waals surface area contributed by atoms with Gasteiger partial charge < -0.3 is 19.8 Å². The first-order valence-corrected chi connectivity index (χ1v) is 15.9. The Morgan fingerprint density at radius 2 is 1.80 bits per heavy atom. The van der Waals surface area contributed by atoms with Crippen LogP contribution in [0.2, 0.25) is 0 Å². The number of hydrogen-bond acceptors (Lipinski definition) is 7. The normalized spacial score (nSPS) is 27.0. The molecule has 3 saturated heterocycles. The van der Waals surface area contributed by atoms with Crippen molar-refractivity contribution in [3.8, 4) is 0 Å². The highest BCUT2D eigenvalue weighted by molar-refractivity contribution is 8.02. The minimum atomic E-state index is -0.796. The van der Waals surface area contributed by atoms with Crippen molar-refractivity contribution in [1.82, 2.24) is 24.8 Å². The van der Waals surface area contributed by atoms with E-state index in [0.717, 1.165) is 16.7 Å². The summed E-state index contributed by atoms with van der Waals surface area (Å²) in [6.07, 6.45) is 5.05. The van der Waals surface area contributed by atoms with Gasteiger partial charge in [-0.15, -0.1) is 30.0 Å². The summed E-state index contributed by atoms with van der Waals surface area (Å²) in [4.78, 5) is 48.7. The number of hydrogen-bond donors (Lipinski definition) is 1. The molecule has 6 rings (SSSR count). The molecule has 4 heterocycles. The van der Waals surface area contributed by atoms with Gasteiger partial charge in [-0.25, -0.2) is 4.68 Å². The van der Waals surface area contributed by atoms with Crippen molar-refractivity contribution in [1.29, 1.82) is 0 Å². The molecule has 2 aromatic carbocycles. The predicted octanol–water partition coefficient (Wildman–Crippen LogP) is 3.49. The Hall–Kier alpha value is -3.96. The summed E-state index contributed by atoms with van der Waals surface area (Å²) < 4.78 is 0.387. The summed E-state index contributed by atoms with van der Waals surface area (Å²) in [6.45, 7) is 10.6. The molecule has 3 aromatic rings. The largest absolute Gasteiger partial charge is 0.396 e. The van der Waals surface area contributed by atoms with Gasteiger partial charge in [-0.2, -0.15) is 0 Å². The average Bonchev–Trinajstić information content (AvgIpc) is 3.74. The molecule has 0 aliphatic carbocycles. The van der Waals surface area contributed by atoms with Crippen LogP contribution < -0.4 is 4.90 Å². The van der Waals surface area contributed by atoms with E-state index in [2.05, 4.69) is 30.4 Å². The molecule has 230 valence electrons. The Kier molecular flexibility index (Phi) is 8.10. The molecule has 3 aliphatic rings. The lowest BCUT2D eigenvalue weighted by molar-refractivity contribution is -0.144. The molecule has 0 radical (unpaired) electrons. The van der Waals surface area contributed by atoms with Crippen molar-refractivity contribution >= 4 is 46.2 Å². The average molecular weight is 615 g/mol. The fourth-order valence-corrected chi connectivity index (χ4v) is 9.86. The summed E-state index contributed by atoms with van der Waals surface area (Å²) in [6, 6.07) is 16.2.